The van der Waals surface area contributed by atoms with E-state index < -0.39 is 0 Å². The SMILES string of the molecule is CCCN(CC#N)Cc1c(Br)c(C)nn1C. The van der Waals surface area contributed by atoms with Gasteiger partial charge in [-0.3, -0.25) is 9.58 Å². The lowest BCUT2D eigenvalue weighted by Gasteiger charge is -2.18. The summed E-state index contributed by atoms with van der Waals surface area (Å²) < 4.78 is 2.92. The Hall–Kier alpha value is -0.860. The van der Waals surface area contributed by atoms with Gasteiger partial charge in [-0.2, -0.15) is 10.4 Å². The molecule has 16 heavy (non-hydrogen) atoms. The van der Waals surface area contributed by atoms with Crippen LogP contribution in [0.3, 0.4) is 0 Å². The summed E-state index contributed by atoms with van der Waals surface area (Å²) in [6.07, 6.45) is 1.05. The second-order valence-electron chi connectivity index (χ2n) is 3.84. The third-order valence-corrected chi connectivity index (χ3v) is 3.50. The Morgan fingerprint density at radius 3 is 2.69 bits per heavy atom. The van der Waals surface area contributed by atoms with Crippen molar-refractivity contribution in [1.29, 1.82) is 5.26 Å². The van der Waals surface area contributed by atoms with Crippen LogP contribution in [0, 0.1) is 18.3 Å². The first-order valence-electron chi connectivity index (χ1n) is 5.37. The summed E-state index contributed by atoms with van der Waals surface area (Å²) in [5.41, 5.74) is 2.12. The van der Waals surface area contributed by atoms with E-state index in [1.54, 1.807) is 0 Å². The van der Waals surface area contributed by atoms with E-state index >= 15 is 0 Å². The van der Waals surface area contributed by atoms with Gasteiger partial charge < -0.3 is 0 Å². The molecule has 1 aromatic heterocycles. The van der Waals surface area contributed by atoms with Crippen LogP contribution in [0.15, 0.2) is 4.47 Å². The average molecular weight is 285 g/mol. The van der Waals surface area contributed by atoms with Crippen molar-refractivity contribution in [3.63, 3.8) is 0 Å². The monoisotopic (exact) mass is 284 g/mol. The van der Waals surface area contributed by atoms with E-state index in [2.05, 4.69) is 38.9 Å². The van der Waals surface area contributed by atoms with Gasteiger partial charge in [0.1, 0.15) is 0 Å². The molecule has 0 atom stereocenters. The standard InChI is InChI=1S/C11H17BrN4/c1-4-6-16(7-5-13)8-10-11(12)9(2)14-15(10)3/h4,6-8H2,1-3H3. The predicted molar refractivity (Wildman–Crippen MR) is 66.8 cm³/mol. The molecule has 1 aromatic rings. The van der Waals surface area contributed by atoms with E-state index in [0.29, 0.717) is 6.54 Å². The molecule has 0 radical (unpaired) electrons. The quantitative estimate of drug-likeness (QED) is 0.779. The number of nitriles is 1. The number of hydrogen-bond acceptors (Lipinski definition) is 3. The van der Waals surface area contributed by atoms with Gasteiger partial charge in [0.25, 0.3) is 0 Å². The molecular formula is C11H17BrN4. The Bertz CT molecular complexity index is 391. The van der Waals surface area contributed by atoms with Gasteiger partial charge in [-0.1, -0.05) is 6.92 Å². The number of hydrogen-bond donors (Lipinski definition) is 0. The van der Waals surface area contributed by atoms with Gasteiger partial charge in [-0.25, -0.2) is 0 Å². The zero-order chi connectivity index (χ0) is 12.1. The maximum absolute atomic E-state index is 8.76. The van der Waals surface area contributed by atoms with Gasteiger partial charge in [0.2, 0.25) is 0 Å². The van der Waals surface area contributed by atoms with Gasteiger partial charge in [0.15, 0.2) is 0 Å². The van der Waals surface area contributed by atoms with E-state index in [-0.39, 0.29) is 0 Å². The first-order chi connectivity index (χ1) is 7.60. The molecule has 5 heteroatoms. The summed E-state index contributed by atoms with van der Waals surface area (Å²) in [6.45, 7) is 6.25. The molecule has 0 aromatic carbocycles. The lowest BCUT2D eigenvalue weighted by Crippen LogP contribution is -2.25. The highest BCUT2D eigenvalue weighted by atomic mass is 79.9. The molecule has 0 spiro atoms. The number of nitrogens with zero attached hydrogens (tertiary/aromatic N) is 4. The molecule has 1 rings (SSSR count). The van der Waals surface area contributed by atoms with Crippen molar-refractivity contribution in [3.05, 3.63) is 15.9 Å². The summed E-state index contributed by atoms with van der Waals surface area (Å²) in [5, 5.41) is 13.1. The average Bonchev–Trinajstić information content (AvgIpc) is 2.46. The summed E-state index contributed by atoms with van der Waals surface area (Å²) in [5.74, 6) is 0. The van der Waals surface area contributed by atoms with Crippen LogP contribution in [0.25, 0.3) is 0 Å². The second kappa shape index (κ2) is 6.02. The Kier molecular flexibility index (Phi) is 4.97. The third kappa shape index (κ3) is 3.06. The Labute approximate surface area is 105 Å². The van der Waals surface area contributed by atoms with E-state index in [9.17, 15) is 0 Å². The summed E-state index contributed by atoms with van der Waals surface area (Å²) in [6, 6.07) is 2.20. The van der Waals surface area contributed by atoms with E-state index in [0.717, 1.165) is 35.4 Å². The molecule has 1 heterocycles. The van der Waals surface area contributed by atoms with E-state index in [4.69, 9.17) is 5.26 Å². The van der Waals surface area contributed by atoms with Crippen LogP contribution in [-0.2, 0) is 13.6 Å². The fourth-order valence-corrected chi connectivity index (χ4v) is 2.16. The number of rotatable bonds is 5. The number of aromatic nitrogens is 2. The fourth-order valence-electron chi connectivity index (χ4n) is 1.69. The van der Waals surface area contributed by atoms with Crippen LogP contribution in [0.4, 0.5) is 0 Å². The molecule has 0 aliphatic heterocycles. The minimum absolute atomic E-state index is 0.463. The lowest BCUT2D eigenvalue weighted by molar-refractivity contribution is 0.289. The van der Waals surface area contributed by atoms with Gasteiger partial charge in [0.05, 0.1) is 28.5 Å². The van der Waals surface area contributed by atoms with Crippen LogP contribution >= 0.6 is 15.9 Å². The molecule has 4 nitrogen and oxygen atoms in total. The normalized spacial score (nSPS) is 10.8. The highest BCUT2D eigenvalue weighted by Gasteiger charge is 2.13. The van der Waals surface area contributed by atoms with Crippen LogP contribution in [0.5, 0.6) is 0 Å². The van der Waals surface area contributed by atoms with Gasteiger partial charge in [-0.15, -0.1) is 0 Å². The predicted octanol–water partition coefficient (Wildman–Crippen LogP) is 2.23. The maximum atomic E-state index is 8.76. The van der Waals surface area contributed by atoms with E-state index in [1.807, 2.05) is 18.7 Å². The van der Waals surface area contributed by atoms with Crippen LogP contribution in [0.2, 0.25) is 0 Å². The molecule has 0 bridgehead atoms. The fraction of sp³-hybridized carbons (Fsp3) is 0.636. The Balaban J connectivity index is 2.81. The molecule has 0 saturated heterocycles. The van der Waals surface area contributed by atoms with Crippen molar-refractivity contribution in [3.8, 4) is 6.07 Å². The van der Waals surface area contributed by atoms with Crippen LogP contribution in [-0.4, -0.2) is 27.8 Å². The highest BCUT2D eigenvalue weighted by molar-refractivity contribution is 9.10. The van der Waals surface area contributed by atoms with Gasteiger partial charge in [-0.05, 0) is 35.8 Å². The minimum atomic E-state index is 0.463. The zero-order valence-electron chi connectivity index (χ0n) is 10.00. The van der Waals surface area contributed by atoms with Crippen LogP contribution in [0.1, 0.15) is 24.7 Å². The first-order valence-corrected chi connectivity index (χ1v) is 6.16. The lowest BCUT2D eigenvalue weighted by atomic mass is 10.3. The molecule has 0 unspecified atom stereocenters. The summed E-state index contributed by atoms with van der Waals surface area (Å²) >= 11 is 3.54. The van der Waals surface area contributed by atoms with Crippen molar-refractivity contribution in [2.24, 2.45) is 7.05 Å². The molecule has 0 aliphatic rings. The molecule has 0 aliphatic carbocycles. The molecule has 0 amide bonds. The van der Waals surface area contributed by atoms with Crippen molar-refractivity contribution in [1.82, 2.24) is 14.7 Å². The smallest absolute Gasteiger partial charge is 0.0869 e. The third-order valence-electron chi connectivity index (χ3n) is 2.47. The van der Waals surface area contributed by atoms with Crippen molar-refractivity contribution in [2.75, 3.05) is 13.1 Å². The van der Waals surface area contributed by atoms with Crippen molar-refractivity contribution < 1.29 is 0 Å². The molecule has 88 valence electrons. The number of aryl methyl sites for hydroxylation is 2. The molecule has 0 fully saturated rings. The molecular weight excluding hydrogens is 268 g/mol. The highest BCUT2D eigenvalue weighted by Crippen LogP contribution is 2.21. The van der Waals surface area contributed by atoms with Crippen molar-refractivity contribution >= 4 is 15.9 Å². The van der Waals surface area contributed by atoms with Gasteiger partial charge in [0, 0.05) is 13.6 Å². The van der Waals surface area contributed by atoms with Crippen molar-refractivity contribution in [2.45, 2.75) is 26.8 Å². The molecule has 0 saturated carbocycles. The Morgan fingerprint density at radius 1 is 1.56 bits per heavy atom. The zero-order valence-corrected chi connectivity index (χ0v) is 11.6. The van der Waals surface area contributed by atoms with Gasteiger partial charge >= 0.3 is 0 Å². The first kappa shape index (κ1) is 13.2. The number of halogens is 1. The largest absolute Gasteiger partial charge is 0.285 e. The van der Waals surface area contributed by atoms with Crippen LogP contribution < -0.4 is 0 Å². The topological polar surface area (TPSA) is 44.9 Å². The second-order valence-corrected chi connectivity index (χ2v) is 4.63. The minimum Gasteiger partial charge on any atom is -0.285 e. The molecule has 0 N–H and O–H groups in total. The van der Waals surface area contributed by atoms with E-state index in [1.165, 1.54) is 0 Å². The Morgan fingerprint density at radius 2 is 2.25 bits per heavy atom. The summed E-state index contributed by atoms with van der Waals surface area (Å²) in [4.78, 5) is 2.13. The summed E-state index contributed by atoms with van der Waals surface area (Å²) in [7, 11) is 1.93. The maximum Gasteiger partial charge on any atom is 0.0869 e.